The van der Waals surface area contributed by atoms with Crippen molar-refractivity contribution in [2.45, 2.75) is 11.3 Å². The van der Waals surface area contributed by atoms with E-state index < -0.39 is 29.1 Å². The van der Waals surface area contributed by atoms with Crippen LogP contribution in [0, 0.1) is 11.8 Å². The fraction of sp³-hybridized carbons (Fsp3) is 0.160. The first kappa shape index (κ1) is 18.3. The van der Waals surface area contributed by atoms with Gasteiger partial charge in [-0.05, 0) is 40.5 Å². The summed E-state index contributed by atoms with van der Waals surface area (Å²) in [6.45, 7) is 0. The maximum atomic E-state index is 13.8. The van der Waals surface area contributed by atoms with Gasteiger partial charge in [0, 0.05) is 10.9 Å². The van der Waals surface area contributed by atoms with E-state index in [1.54, 1.807) is 48.5 Å². The summed E-state index contributed by atoms with van der Waals surface area (Å²) in [4.78, 5) is 41.7. The van der Waals surface area contributed by atoms with E-state index in [0.717, 1.165) is 16.0 Å². The molecule has 31 heavy (non-hydrogen) atoms. The van der Waals surface area contributed by atoms with E-state index in [-0.39, 0.29) is 11.8 Å². The number of carboxylic acid groups (broad SMARTS) is 1. The van der Waals surface area contributed by atoms with Crippen molar-refractivity contribution in [1.82, 2.24) is 0 Å². The molecule has 0 saturated carbocycles. The van der Waals surface area contributed by atoms with E-state index in [4.69, 9.17) is 11.6 Å². The van der Waals surface area contributed by atoms with Crippen LogP contribution in [0.15, 0.2) is 72.8 Å². The van der Waals surface area contributed by atoms with Crippen molar-refractivity contribution in [2.75, 3.05) is 4.90 Å². The quantitative estimate of drug-likeness (QED) is 0.625. The Balaban J connectivity index is 1.68. The molecule has 0 aromatic heterocycles. The number of carbonyl (C=O) groups is 3. The fourth-order valence-corrected chi connectivity index (χ4v) is 6.19. The van der Waals surface area contributed by atoms with Crippen LogP contribution in [0.25, 0.3) is 0 Å². The number of anilines is 1. The van der Waals surface area contributed by atoms with Crippen molar-refractivity contribution >= 4 is 35.1 Å². The molecule has 0 radical (unpaired) electrons. The van der Waals surface area contributed by atoms with E-state index in [2.05, 4.69) is 0 Å². The lowest BCUT2D eigenvalue weighted by atomic mass is 9.47. The standard InChI is InChI=1S/C25H16ClNO4/c26-13-6-5-7-14(12-13)27-22(28)20-19-15-8-1-3-10-17(15)25(24(30)31,21(20)23(27)29)18-11-4-2-9-16(18)19/h1-12,19-21H,(H,30,31). The minimum atomic E-state index is -1.62. The number of hydrogen-bond donors (Lipinski definition) is 1. The molecule has 2 atom stereocenters. The van der Waals surface area contributed by atoms with E-state index in [9.17, 15) is 19.5 Å². The van der Waals surface area contributed by atoms with Crippen LogP contribution < -0.4 is 4.90 Å². The molecule has 2 unspecified atom stereocenters. The highest BCUT2D eigenvalue weighted by atomic mass is 35.5. The predicted molar refractivity (Wildman–Crippen MR) is 114 cm³/mol. The van der Waals surface area contributed by atoms with Crippen molar-refractivity contribution in [3.63, 3.8) is 0 Å². The van der Waals surface area contributed by atoms with Crippen LogP contribution in [0.2, 0.25) is 5.02 Å². The number of rotatable bonds is 2. The van der Waals surface area contributed by atoms with Gasteiger partial charge in [0.1, 0.15) is 5.41 Å². The van der Waals surface area contributed by atoms with Crippen LogP contribution >= 0.6 is 11.6 Å². The smallest absolute Gasteiger partial charge is 0.319 e. The van der Waals surface area contributed by atoms with E-state index >= 15 is 0 Å². The zero-order chi connectivity index (χ0) is 21.5. The number of nitrogens with zero attached hydrogens (tertiary/aromatic N) is 1. The summed E-state index contributed by atoms with van der Waals surface area (Å²) in [6, 6.07) is 21.1. The van der Waals surface area contributed by atoms with Gasteiger partial charge < -0.3 is 5.11 Å². The van der Waals surface area contributed by atoms with Gasteiger partial charge in [-0.1, -0.05) is 66.2 Å². The molecule has 2 bridgehead atoms. The van der Waals surface area contributed by atoms with Gasteiger partial charge in [-0.15, -0.1) is 0 Å². The van der Waals surface area contributed by atoms with Crippen LogP contribution in [0.4, 0.5) is 5.69 Å². The van der Waals surface area contributed by atoms with Gasteiger partial charge in [0.05, 0.1) is 17.5 Å². The molecule has 1 aliphatic heterocycles. The molecule has 3 aromatic carbocycles. The highest BCUT2D eigenvalue weighted by Crippen LogP contribution is 2.64. The summed E-state index contributed by atoms with van der Waals surface area (Å²) >= 11 is 6.12. The van der Waals surface area contributed by atoms with Gasteiger partial charge in [-0.2, -0.15) is 0 Å². The Morgan fingerprint density at radius 1 is 0.871 bits per heavy atom. The van der Waals surface area contributed by atoms with Gasteiger partial charge in [-0.25, -0.2) is 4.90 Å². The highest BCUT2D eigenvalue weighted by molar-refractivity contribution is 6.31. The molecule has 2 amide bonds. The van der Waals surface area contributed by atoms with E-state index in [0.29, 0.717) is 21.8 Å². The second-order valence-corrected chi connectivity index (χ2v) is 8.70. The number of carbonyl (C=O) groups excluding carboxylic acids is 2. The first-order valence-electron chi connectivity index (χ1n) is 10.0. The normalized spacial score (nSPS) is 27.6. The highest BCUT2D eigenvalue weighted by Gasteiger charge is 2.71. The number of amides is 2. The monoisotopic (exact) mass is 429 g/mol. The number of carboxylic acids is 1. The topological polar surface area (TPSA) is 74.7 Å². The summed E-state index contributed by atoms with van der Waals surface area (Å²) in [5, 5.41) is 11.1. The molecule has 1 N–H and O–H groups in total. The van der Waals surface area contributed by atoms with Gasteiger partial charge in [0.25, 0.3) is 0 Å². The Labute approximate surface area is 182 Å². The Morgan fingerprint density at radius 2 is 1.48 bits per heavy atom. The molecule has 3 aromatic rings. The molecule has 152 valence electrons. The molecule has 1 fully saturated rings. The van der Waals surface area contributed by atoms with Crippen LogP contribution in [-0.2, 0) is 19.8 Å². The number of benzene rings is 3. The summed E-state index contributed by atoms with van der Waals surface area (Å²) in [5.74, 6) is -4.17. The lowest BCUT2D eigenvalue weighted by Crippen LogP contribution is -2.57. The number of imide groups is 1. The molecule has 1 heterocycles. The largest absolute Gasteiger partial charge is 0.480 e. The molecular formula is C25H16ClNO4. The molecular weight excluding hydrogens is 414 g/mol. The molecule has 5 nitrogen and oxygen atoms in total. The molecule has 6 heteroatoms. The van der Waals surface area contributed by atoms with Crippen molar-refractivity contribution in [2.24, 2.45) is 11.8 Å². The van der Waals surface area contributed by atoms with Gasteiger partial charge >= 0.3 is 5.97 Å². The summed E-state index contributed by atoms with van der Waals surface area (Å²) in [5.41, 5.74) is 1.55. The third-order valence-corrected chi connectivity index (χ3v) is 7.26. The van der Waals surface area contributed by atoms with Crippen LogP contribution in [-0.4, -0.2) is 22.9 Å². The number of hydrogen-bond acceptors (Lipinski definition) is 3. The van der Waals surface area contributed by atoms with E-state index in [1.165, 1.54) is 0 Å². The third-order valence-electron chi connectivity index (χ3n) is 7.02. The molecule has 1 saturated heterocycles. The lowest BCUT2D eigenvalue weighted by molar-refractivity contribution is -0.149. The van der Waals surface area contributed by atoms with Crippen molar-refractivity contribution in [3.05, 3.63) is 100 Å². The Morgan fingerprint density at radius 3 is 2.06 bits per heavy atom. The van der Waals surface area contributed by atoms with Crippen LogP contribution in [0.5, 0.6) is 0 Å². The van der Waals surface area contributed by atoms with Crippen LogP contribution in [0.1, 0.15) is 28.2 Å². The molecule has 3 aliphatic carbocycles. The average Bonchev–Trinajstić information content (AvgIpc) is 3.04. The minimum absolute atomic E-state index is 0.366. The van der Waals surface area contributed by atoms with E-state index in [1.807, 2.05) is 24.3 Å². The maximum Gasteiger partial charge on any atom is 0.319 e. The average molecular weight is 430 g/mol. The first-order valence-corrected chi connectivity index (χ1v) is 10.4. The molecule has 7 rings (SSSR count). The van der Waals surface area contributed by atoms with Gasteiger partial charge in [-0.3, -0.25) is 14.4 Å². The summed E-state index contributed by atoms with van der Waals surface area (Å²) in [6.07, 6.45) is 0. The van der Waals surface area contributed by atoms with Gasteiger partial charge in [0.15, 0.2) is 0 Å². The second kappa shape index (κ2) is 6.05. The van der Waals surface area contributed by atoms with Crippen molar-refractivity contribution in [3.8, 4) is 0 Å². The number of aliphatic carboxylic acids is 1. The third kappa shape index (κ3) is 2.04. The Hall–Kier alpha value is -3.44. The SMILES string of the molecule is O=C1C2C3c4ccccc4C(C(=O)O)(c4ccccc43)C2C(=O)N1c1cccc(Cl)c1. The fourth-order valence-electron chi connectivity index (χ4n) is 6.00. The molecule has 4 aliphatic rings. The van der Waals surface area contributed by atoms with Crippen molar-refractivity contribution in [1.29, 1.82) is 0 Å². The Kier molecular flexibility index (Phi) is 3.58. The van der Waals surface area contributed by atoms with Gasteiger partial charge in [0.2, 0.25) is 11.8 Å². The summed E-state index contributed by atoms with van der Waals surface area (Å²) in [7, 11) is 0. The van der Waals surface area contributed by atoms with Crippen molar-refractivity contribution < 1.29 is 19.5 Å². The van der Waals surface area contributed by atoms with Crippen LogP contribution in [0.3, 0.4) is 0 Å². The Bertz CT molecular complexity index is 1270. The predicted octanol–water partition coefficient (Wildman–Crippen LogP) is 3.98. The zero-order valence-corrected chi connectivity index (χ0v) is 16.9. The number of halogens is 1. The maximum absolute atomic E-state index is 13.8. The summed E-state index contributed by atoms with van der Waals surface area (Å²) < 4.78 is 0. The lowest BCUT2D eigenvalue weighted by Gasteiger charge is -2.51. The molecule has 0 spiro atoms. The minimum Gasteiger partial charge on any atom is -0.480 e. The first-order chi connectivity index (χ1) is 15.0. The second-order valence-electron chi connectivity index (χ2n) is 8.26. The zero-order valence-electron chi connectivity index (χ0n) is 16.2.